The van der Waals surface area contributed by atoms with E-state index >= 15 is 0 Å². The van der Waals surface area contributed by atoms with Crippen LogP contribution in [-0.2, 0) is 17.5 Å². The molecule has 0 unspecified atom stereocenters. The van der Waals surface area contributed by atoms with Gasteiger partial charge in [-0.25, -0.2) is 4.98 Å². The molecule has 0 fully saturated rings. The molecule has 112 valence electrons. The molecule has 2 aromatic rings. The van der Waals surface area contributed by atoms with Crippen molar-refractivity contribution in [3.05, 3.63) is 46.9 Å². The maximum absolute atomic E-state index is 12.4. The molecule has 0 aliphatic carbocycles. The van der Waals surface area contributed by atoms with Gasteiger partial charge in [0.15, 0.2) is 5.82 Å². The van der Waals surface area contributed by atoms with Gasteiger partial charge in [-0.3, -0.25) is 0 Å². The molecule has 8 heteroatoms. The Morgan fingerprint density at radius 3 is 2.38 bits per heavy atom. The first-order valence-corrected chi connectivity index (χ1v) is 6.14. The number of halogens is 4. The molecular weight excluding hydrogens is 309 g/mol. The Labute approximate surface area is 123 Å². The second-order valence-corrected chi connectivity index (χ2v) is 4.39. The first-order valence-electron chi connectivity index (χ1n) is 5.76. The molecule has 0 radical (unpaired) electrons. The zero-order valence-electron chi connectivity index (χ0n) is 10.8. The van der Waals surface area contributed by atoms with Crippen LogP contribution in [0.1, 0.15) is 11.4 Å². The molecule has 0 spiro atoms. The predicted molar refractivity (Wildman–Crippen MR) is 69.3 cm³/mol. The van der Waals surface area contributed by atoms with E-state index in [0.29, 0.717) is 5.82 Å². The van der Waals surface area contributed by atoms with Crippen molar-refractivity contribution in [1.82, 2.24) is 9.97 Å². The largest absolute Gasteiger partial charge is 0.439 e. The van der Waals surface area contributed by atoms with Gasteiger partial charge in [-0.1, -0.05) is 11.6 Å². The number of benzene rings is 1. The summed E-state index contributed by atoms with van der Waals surface area (Å²) in [7, 11) is 1.47. The number of hydrogen-bond acceptors (Lipinski definition) is 4. The molecule has 1 heterocycles. The van der Waals surface area contributed by atoms with Gasteiger partial charge >= 0.3 is 6.18 Å². The number of ether oxygens (including phenoxy) is 2. The number of methoxy groups -OCH3 is 1. The summed E-state index contributed by atoms with van der Waals surface area (Å²) in [6, 6.07) is 5.62. The van der Waals surface area contributed by atoms with Crippen LogP contribution < -0.4 is 4.74 Å². The monoisotopic (exact) mass is 318 g/mol. The molecule has 0 N–H and O–H groups in total. The van der Waals surface area contributed by atoms with Crippen LogP contribution >= 0.6 is 11.6 Å². The fourth-order valence-electron chi connectivity index (χ4n) is 1.52. The van der Waals surface area contributed by atoms with E-state index in [1.54, 1.807) is 0 Å². The summed E-state index contributed by atoms with van der Waals surface area (Å²) < 4.78 is 47.6. The normalized spacial score (nSPS) is 11.5. The Hall–Kier alpha value is -1.86. The lowest BCUT2D eigenvalue weighted by molar-refractivity contribution is -0.137. The third kappa shape index (κ3) is 4.30. The maximum atomic E-state index is 12.4. The van der Waals surface area contributed by atoms with E-state index in [-0.39, 0.29) is 23.4 Å². The third-order valence-electron chi connectivity index (χ3n) is 2.40. The average Bonchev–Trinajstić information content (AvgIpc) is 2.38. The van der Waals surface area contributed by atoms with Crippen molar-refractivity contribution in [3.63, 3.8) is 0 Å². The van der Waals surface area contributed by atoms with Crippen LogP contribution in [0.5, 0.6) is 11.6 Å². The lowest BCUT2D eigenvalue weighted by Gasteiger charge is -2.09. The number of alkyl halides is 3. The molecule has 1 aromatic heterocycles. The van der Waals surface area contributed by atoms with Crippen molar-refractivity contribution in [2.75, 3.05) is 7.11 Å². The molecule has 0 aliphatic heterocycles. The van der Waals surface area contributed by atoms with Crippen molar-refractivity contribution in [3.8, 4) is 11.6 Å². The standard InChI is InChI=1S/C13H10ClF3N2O2/c1-20-7-11-18-10(14)6-12(19-11)21-9-4-2-8(3-5-9)13(15,16)17/h2-6H,7H2,1H3. The highest BCUT2D eigenvalue weighted by atomic mass is 35.5. The molecule has 0 saturated carbocycles. The first kappa shape index (κ1) is 15.5. The van der Waals surface area contributed by atoms with Crippen molar-refractivity contribution in [1.29, 1.82) is 0 Å². The van der Waals surface area contributed by atoms with Gasteiger partial charge in [-0.15, -0.1) is 0 Å². The lowest BCUT2D eigenvalue weighted by atomic mass is 10.2. The molecule has 0 atom stereocenters. The van der Waals surface area contributed by atoms with Gasteiger partial charge in [0, 0.05) is 13.2 Å². The zero-order valence-corrected chi connectivity index (χ0v) is 11.6. The summed E-state index contributed by atoms with van der Waals surface area (Å²) >= 11 is 5.80. The van der Waals surface area contributed by atoms with Crippen LogP contribution in [0.4, 0.5) is 13.2 Å². The van der Waals surface area contributed by atoms with E-state index in [4.69, 9.17) is 21.1 Å². The zero-order chi connectivity index (χ0) is 15.5. The molecule has 0 saturated heterocycles. The van der Waals surface area contributed by atoms with Gasteiger partial charge in [-0.2, -0.15) is 18.2 Å². The van der Waals surface area contributed by atoms with Crippen LogP contribution in [0, 0.1) is 0 Å². The maximum Gasteiger partial charge on any atom is 0.416 e. The van der Waals surface area contributed by atoms with Gasteiger partial charge in [0.25, 0.3) is 0 Å². The van der Waals surface area contributed by atoms with Crippen molar-refractivity contribution >= 4 is 11.6 Å². The molecule has 0 amide bonds. The number of rotatable bonds is 4. The van der Waals surface area contributed by atoms with Crippen molar-refractivity contribution in [2.45, 2.75) is 12.8 Å². The minimum atomic E-state index is -4.39. The Bertz CT molecular complexity index is 618. The van der Waals surface area contributed by atoms with E-state index in [1.807, 2.05) is 0 Å². The molecule has 0 aliphatic rings. The average molecular weight is 319 g/mol. The van der Waals surface area contributed by atoms with E-state index < -0.39 is 11.7 Å². The van der Waals surface area contributed by atoms with E-state index in [0.717, 1.165) is 12.1 Å². The highest BCUT2D eigenvalue weighted by Gasteiger charge is 2.30. The Morgan fingerprint density at radius 2 is 1.81 bits per heavy atom. The van der Waals surface area contributed by atoms with Gasteiger partial charge in [0.1, 0.15) is 17.5 Å². The number of nitrogens with zero attached hydrogens (tertiary/aromatic N) is 2. The molecule has 21 heavy (non-hydrogen) atoms. The summed E-state index contributed by atoms with van der Waals surface area (Å²) in [6.45, 7) is 0.143. The molecular formula is C13H10ClF3N2O2. The summed E-state index contributed by atoms with van der Waals surface area (Å²) in [6.07, 6.45) is -4.39. The van der Waals surface area contributed by atoms with Crippen molar-refractivity contribution < 1.29 is 22.6 Å². The fourth-order valence-corrected chi connectivity index (χ4v) is 1.71. The van der Waals surface area contributed by atoms with Gasteiger partial charge < -0.3 is 9.47 Å². The SMILES string of the molecule is COCc1nc(Cl)cc(Oc2ccc(C(F)(F)F)cc2)n1. The summed E-state index contributed by atoms with van der Waals surface area (Å²) in [5.41, 5.74) is -0.754. The van der Waals surface area contributed by atoms with E-state index in [9.17, 15) is 13.2 Å². The van der Waals surface area contributed by atoms with E-state index in [2.05, 4.69) is 9.97 Å². The van der Waals surface area contributed by atoms with Crippen LogP contribution in [0.15, 0.2) is 30.3 Å². The van der Waals surface area contributed by atoms with Crippen LogP contribution in [0.2, 0.25) is 5.15 Å². The highest BCUT2D eigenvalue weighted by molar-refractivity contribution is 6.29. The quantitative estimate of drug-likeness (QED) is 0.797. The second-order valence-electron chi connectivity index (χ2n) is 4.00. The number of hydrogen-bond donors (Lipinski definition) is 0. The molecule has 4 nitrogen and oxygen atoms in total. The Morgan fingerprint density at radius 1 is 1.14 bits per heavy atom. The van der Waals surface area contributed by atoms with Crippen LogP contribution in [0.3, 0.4) is 0 Å². The van der Waals surface area contributed by atoms with Gasteiger partial charge in [0.2, 0.25) is 5.88 Å². The van der Waals surface area contributed by atoms with Gasteiger partial charge in [-0.05, 0) is 24.3 Å². The van der Waals surface area contributed by atoms with Crippen LogP contribution in [0.25, 0.3) is 0 Å². The minimum absolute atomic E-state index is 0.127. The third-order valence-corrected chi connectivity index (χ3v) is 2.59. The van der Waals surface area contributed by atoms with Crippen molar-refractivity contribution in [2.24, 2.45) is 0 Å². The summed E-state index contributed by atoms with van der Waals surface area (Å²) in [5, 5.41) is 0.152. The second kappa shape index (κ2) is 6.28. The Balaban J connectivity index is 2.18. The summed E-state index contributed by atoms with van der Waals surface area (Å²) in [4.78, 5) is 7.94. The minimum Gasteiger partial charge on any atom is -0.439 e. The number of aromatic nitrogens is 2. The molecule has 2 rings (SSSR count). The first-order chi connectivity index (χ1) is 9.88. The summed E-state index contributed by atoms with van der Waals surface area (Å²) in [5.74, 6) is 0.648. The highest BCUT2D eigenvalue weighted by Crippen LogP contribution is 2.31. The fraction of sp³-hybridized carbons (Fsp3) is 0.231. The Kier molecular flexibility index (Phi) is 4.64. The van der Waals surface area contributed by atoms with E-state index in [1.165, 1.54) is 25.3 Å². The topological polar surface area (TPSA) is 44.2 Å². The molecule has 1 aromatic carbocycles. The molecule has 0 bridgehead atoms. The van der Waals surface area contributed by atoms with Gasteiger partial charge in [0.05, 0.1) is 5.56 Å². The van der Waals surface area contributed by atoms with Crippen LogP contribution in [-0.4, -0.2) is 17.1 Å². The lowest BCUT2D eigenvalue weighted by Crippen LogP contribution is -2.04. The predicted octanol–water partition coefficient (Wildman–Crippen LogP) is 4.09. The smallest absolute Gasteiger partial charge is 0.416 e.